The molecule has 110 valence electrons. The van der Waals surface area contributed by atoms with E-state index in [1.807, 2.05) is 6.92 Å². The van der Waals surface area contributed by atoms with E-state index in [1.54, 1.807) is 12.1 Å². The SMILES string of the molecule is CCCOC(=O)C(C)(C)C(=O)Oc1cccc(Cl)c1Cl. The molecule has 0 unspecified atom stereocenters. The third-order valence-corrected chi connectivity index (χ3v) is 3.38. The van der Waals surface area contributed by atoms with Gasteiger partial charge in [-0.2, -0.15) is 0 Å². The minimum Gasteiger partial charge on any atom is -0.465 e. The summed E-state index contributed by atoms with van der Waals surface area (Å²) in [5.74, 6) is -1.27. The quantitative estimate of drug-likeness (QED) is 0.469. The van der Waals surface area contributed by atoms with Crippen molar-refractivity contribution in [2.75, 3.05) is 6.61 Å². The van der Waals surface area contributed by atoms with Gasteiger partial charge in [-0.3, -0.25) is 9.59 Å². The molecule has 0 aromatic heterocycles. The number of rotatable bonds is 5. The molecule has 0 aliphatic carbocycles. The van der Waals surface area contributed by atoms with Crippen molar-refractivity contribution in [2.24, 2.45) is 5.41 Å². The first kappa shape index (κ1) is 16.8. The number of ether oxygens (including phenoxy) is 2. The summed E-state index contributed by atoms with van der Waals surface area (Å²) >= 11 is 11.8. The van der Waals surface area contributed by atoms with E-state index in [0.717, 1.165) is 0 Å². The molecule has 0 atom stereocenters. The number of esters is 2. The van der Waals surface area contributed by atoms with Crippen molar-refractivity contribution in [1.29, 1.82) is 0 Å². The van der Waals surface area contributed by atoms with Gasteiger partial charge in [0.15, 0.2) is 11.2 Å². The van der Waals surface area contributed by atoms with E-state index < -0.39 is 17.4 Å². The van der Waals surface area contributed by atoms with Gasteiger partial charge in [0.1, 0.15) is 5.02 Å². The Morgan fingerprint density at radius 2 is 1.85 bits per heavy atom. The van der Waals surface area contributed by atoms with Crippen LogP contribution in [0, 0.1) is 5.41 Å². The van der Waals surface area contributed by atoms with Crippen LogP contribution in [0.5, 0.6) is 5.75 Å². The molecule has 0 radical (unpaired) electrons. The Bertz CT molecular complexity index is 512. The fourth-order valence-corrected chi connectivity index (χ4v) is 1.58. The van der Waals surface area contributed by atoms with Gasteiger partial charge in [-0.25, -0.2) is 0 Å². The van der Waals surface area contributed by atoms with Gasteiger partial charge in [0.2, 0.25) is 0 Å². The molecule has 1 aromatic carbocycles. The van der Waals surface area contributed by atoms with Crippen LogP contribution in [-0.4, -0.2) is 18.5 Å². The van der Waals surface area contributed by atoms with Crippen LogP contribution in [0.15, 0.2) is 18.2 Å². The van der Waals surface area contributed by atoms with Crippen molar-refractivity contribution in [3.05, 3.63) is 28.2 Å². The van der Waals surface area contributed by atoms with Crippen LogP contribution < -0.4 is 4.74 Å². The predicted molar refractivity (Wildman–Crippen MR) is 77.1 cm³/mol. The summed E-state index contributed by atoms with van der Waals surface area (Å²) in [4.78, 5) is 23.9. The van der Waals surface area contributed by atoms with Gasteiger partial charge >= 0.3 is 11.9 Å². The highest BCUT2D eigenvalue weighted by Gasteiger charge is 2.40. The van der Waals surface area contributed by atoms with Crippen LogP contribution in [0.2, 0.25) is 10.0 Å². The maximum atomic E-state index is 12.1. The average Bonchev–Trinajstić information content (AvgIpc) is 2.40. The van der Waals surface area contributed by atoms with Gasteiger partial charge < -0.3 is 9.47 Å². The van der Waals surface area contributed by atoms with Crippen molar-refractivity contribution in [2.45, 2.75) is 27.2 Å². The summed E-state index contributed by atoms with van der Waals surface area (Å²) < 4.78 is 10.1. The number of carbonyl (C=O) groups is 2. The summed E-state index contributed by atoms with van der Waals surface area (Å²) in [5.41, 5.74) is -1.42. The monoisotopic (exact) mass is 318 g/mol. The van der Waals surface area contributed by atoms with Crippen molar-refractivity contribution in [1.82, 2.24) is 0 Å². The summed E-state index contributed by atoms with van der Waals surface area (Å²) in [6.45, 7) is 5.00. The third kappa shape index (κ3) is 3.87. The van der Waals surface area contributed by atoms with Gasteiger partial charge in [0, 0.05) is 0 Å². The molecule has 0 spiro atoms. The van der Waals surface area contributed by atoms with Crippen molar-refractivity contribution >= 4 is 35.1 Å². The lowest BCUT2D eigenvalue weighted by molar-refractivity contribution is -0.164. The van der Waals surface area contributed by atoms with Gasteiger partial charge in [-0.05, 0) is 32.4 Å². The van der Waals surface area contributed by atoms with Crippen molar-refractivity contribution < 1.29 is 19.1 Å². The molecule has 0 fully saturated rings. The van der Waals surface area contributed by atoms with Crippen LogP contribution >= 0.6 is 23.2 Å². The second-order valence-corrected chi connectivity index (χ2v) is 5.49. The molecule has 20 heavy (non-hydrogen) atoms. The minimum atomic E-state index is -1.42. The van der Waals surface area contributed by atoms with Crippen LogP contribution in [0.3, 0.4) is 0 Å². The standard InChI is InChI=1S/C14H16Cl2O4/c1-4-8-19-12(17)14(2,3)13(18)20-10-7-5-6-9(15)11(10)16/h5-7H,4,8H2,1-3H3. The molecular formula is C14H16Cl2O4. The first-order valence-electron chi connectivity index (χ1n) is 6.14. The lowest BCUT2D eigenvalue weighted by Crippen LogP contribution is -2.38. The predicted octanol–water partition coefficient (Wildman–Crippen LogP) is 3.88. The van der Waals surface area contributed by atoms with E-state index in [-0.39, 0.29) is 22.4 Å². The summed E-state index contributed by atoms with van der Waals surface area (Å²) in [7, 11) is 0. The third-order valence-electron chi connectivity index (χ3n) is 2.58. The van der Waals surface area contributed by atoms with Crippen LogP contribution in [0.1, 0.15) is 27.2 Å². The molecule has 0 bridgehead atoms. The number of hydrogen-bond acceptors (Lipinski definition) is 4. The normalized spacial score (nSPS) is 11.1. The Kier molecular flexibility index (Phi) is 5.84. The fourth-order valence-electron chi connectivity index (χ4n) is 1.25. The fraction of sp³-hybridized carbons (Fsp3) is 0.429. The van der Waals surface area contributed by atoms with E-state index in [0.29, 0.717) is 6.42 Å². The molecule has 0 saturated carbocycles. The zero-order valence-corrected chi connectivity index (χ0v) is 13.0. The van der Waals surface area contributed by atoms with Gasteiger partial charge in [-0.1, -0.05) is 36.2 Å². The number of benzene rings is 1. The first-order valence-corrected chi connectivity index (χ1v) is 6.89. The van der Waals surface area contributed by atoms with Gasteiger partial charge in [-0.15, -0.1) is 0 Å². The Morgan fingerprint density at radius 1 is 1.20 bits per heavy atom. The molecule has 0 aliphatic rings. The van der Waals surface area contributed by atoms with Gasteiger partial charge in [0.05, 0.1) is 11.6 Å². The average molecular weight is 319 g/mol. The van der Waals surface area contributed by atoms with Crippen molar-refractivity contribution in [3.8, 4) is 5.75 Å². The van der Waals surface area contributed by atoms with E-state index >= 15 is 0 Å². The topological polar surface area (TPSA) is 52.6 Å². The molecule has 1 rings (SSSR count). The Hall–Kier alpha value is -1.26. The molecule has 1 aromatic rings. The molecular weight excluding hydrogens is 303 g/mol. The van der Waals surface area contributed by atoms with E-state index in [4.69, 9.17) is 32.7 Å². The highest BCUT2D eigenvalue weighted by atomic mass is 35.5. The lowest BCUT2D eigenvalue weighted by Gasteiger charge is -2.20. The highest BCUT2D eigenvalue weighted by Crippen LogP contribution is 2.33. The van der Waals surface area contributed by atoms with Crippen LogP contribution in [0.25, 0.3) is 0 Å². The molecule has 0 heterocycles. The molecule has 0 amide bonds. The maximum absolute atomic E-state index is 12.1. The maximum Gasteiger partial charge on any atom is 0.328 e. The second-order valence-electron chi connectivity index (χ2n) is 4.70. The Morgan fingerprint density at radius 3 is 2.45 bits per heavy atom. The van der Waals surface area contributed by atoms with Crippen LogP contribution in [-0.2, 0) is 14.3 Å². The number of halogens is 2. The van der Waals surface area contributed by atoms with Crippen LogP contribution in [0.4, 0.5) is 0 Å². The zero-order chi connectivity index (χ0) is 15.3. The zero-order valence-electron chi connectivity index (χ0n) is 11.5. The molecule has 0 N–H and O–H groups in total. The van der Waals surface area contributed by atoms with Crippen molar-refractivity contribution in [3.63, 3.8) is 0 Å². The summed E-state index contributed by atoms with van der Waals surface area (Å²) in [6, 6.07) is 4.67. The van der Waals surface area contributed by atoms with Gasteiger partial charge in [0.25, 0.3) is 0 Å². The second kappa shape index (κ2) is 6.95. The summed E-state index contributed by atoms with van der Waals surface area (Å²) in [6.07, 6.45) is 0.678. The number of hydrogen-bond donors (Lipinski definition) is 0. The summed E-state index contributed by atoms with van der Waals surface area (Å²) in [5, 5.41) is 0.392. The van der Waals surface area contributed by atoms with E-state index in [9.17, 15) is 9.59 Å². The molecule has 4 nitrogen and oxygen atoms in total. The Balaban J connectivity index is 2.84. The largest absolute Gasteiger partial charge is 0.465 e. The molecule has 6 heteroatoms. The van der Waals surface area contributed by atoms with E-state index in [1.165, 1.54) is 19.9 Å². The molecule has 0 saturated heterocycles. The Labute approximate surface area is 128 Å². The first-order chi connectivity index (χ1) is 9.30. The van der Waals surface area contributed by atoms with E-state index in [2.05, 4.69) is 0 Å². The lowest BCUT2D eigenvalue weighted by atomic mass is 9.94. The number of carbonyl (C=O) groups excluding carboxylic acids is 2. The highest BCUT2D eigenvalue weighted by molar-refractivity contribution is 6.43. The molecule has 0 aliphatic heterocycles. The minimum absolute atomic E-state index is 0.112. The smallest absolute Gasteiger partial charge is 0.328 e.